The molecule has 0 aromatic carbocycles. The maximum Gasteiger partial charge on any atom is 3.00 e. The Balaban J connectivity index is -0.0000000184. The van der Waals surface area contributed by atoms with Gasteiger partial charge in [0.2, 0.25) is 0 Å². The van der Waals surface area contributed by atoms with Gasteiger partial charge < -0.3 is 45.0 Å². The van der Waals surface area contributed by atoms with Crippen LogP contribution in [0.3, 0.4) is 0 Å². The van der Waals surface area contributed by atoms with E-state index in [4.69, 9.17) is 45.0 Å². The normalized spacial score (nSPS) is 4.80. The fourth-order valence-corrected chi connectivity index (χ4v) is 0. The van der Waals surface area contributed by atoms with E-state index in [0.717, 1.165) is 0 Å². The van der Waals surface area contributed by atoms with Crippen LogP contribution in [0.1, 0.15) is 0 Å². The zero-order chi connectivity index (χ0) is 10.7. The monoisotopic (exact) mass is 477 g/mol. The SMILES string of the molecule is O=C([O-])[O-].O=C([O-])[O-].O=C([O-])[O-].[F].[La+3].[La+3]. The van der Waals surface area contributed by atoms with E-state index in [1.54, 1.807) is 0 Å². The van der Waals surface area contributed by atoms with Gasteiger partial charge in [-0.25, -0.2) is 0 Å². The Morgan fingerprint density at radius 3 is 0.533 bits per heavy atom. The second-order valence-corrected chi connectivity index (χ2v) is 0.750. The van der Waals surface area contributed by atoms with Crippen molar-refractivity contribution >= 4 is 18.5 Å². The molecule has 79 valence electrons. The second kappa shape index (κ2) is 29.2. The standard InChI is InChI=1S/3CH2O3.F.2La/c3*2-1(3)4;;;/h3*(H2,2,3,4);;;/q;;;;2*+3/p-6. The Kier molecular flexibility index (Phi) is 70.6. The molecular weight excluding hydrogens is 477 g/mol. The van der Waals surface area contributed by atoms with Crippen LogP contribution in [0.25, 0.3) is 0 Å². The number of hydrogen-bond donors (Lipinski definition) is 0. The fourth-order valence-electron chi connectivity index (χ4n) is 0. The molecule has 0 saturated carbocycles. The van der Waals surface area contributed by atoms with Crippen molar-refractivity contribution in [2.75, 3.05) is 0 Å². The van der Waals surface area contributed by atoms with Crippen LogP contribution < -0.4 is 30.6 Å². The van der Waals surface area contributed by atoms with Gasteiger partial charge in [-0.15, -0.1) is 0 Å². The van der Waals surface area contributed by atoms with Crippen LogP contribution >= 0.6 is 0 Å². The van der Waals surface area contributed by atoms with Gasteiger partial charge in [0.25, 0.3) is 0 Å². The Morgan fingerprint density at radius 2 is 0.533 bits per heavy atom. The first-order valence-corrected chi connectivity index (χ1v) is 1.84. The van der Waals surface area contributed by atoms with E-state index in [9.17, 15) is 0 Å². The molecule has 0 fully saturated rings. The minimum Gasteiger partial charge on any atom is -0.652 e. The van der Waals surface area contributed by atoms with Crippen molar-refractivity contribution in [2.45, 2.75) is 0 Å². The topological polar surface area (TPSA) is 190 Å². The van der Waals surface area contributed by atoms with Gasteiger partial charge in [0, 0.05) is 4.70 Å². The van der Waals surface area contributed by atoms with Crippen LogP contribution in [0.15, 0.2) is 0 Å². The molecule has 0 aliphatic heterocycles. The third-order valence-electron chi connectivity index (χ3n) is 0. The number of halogens is 1. The molecule has 0 atom stereocenters. The van der Waals surface area contributed by atoms with Crippen molar-refractivity contribution in [3.63, 3.8) is 0 Å². The summed E-state index contributed by atoms with van der Waals surface area (Å²) in [6.45, 7) is 0. The van der Waals surface area contributed by atoms with E-state index in [2.05, 4.69) is 0 Å². The molecule has 1 radical (unpaired) electrons. The number of carbonyl (C=O) groups excluding carboxylic acids is 3. The van der Waals surface area contributed by atoms with E-state index in [0.29, 0.717) is 0 Å². The molecule has 9 nitrogen and oxygen atoms in total. The van der Waals surface area contributed by atoms with Crippen LogP contribution in [-0.4, -0.2) is 18.5 Å². The van der Waals surface area contributed by atoms with Crippen molar-refractivity contribution in [3.8, 4) is 0 Å². The maximum absolute atomic E-state index is 8.33. The molecular formula is C3FLa2O9. The molecule has 0 rings (SSSR count). The largest absolute Gasteiger partial charge is 3.00 e. The molecule has 0 aliphatic rings. The molecule has 0 aromatic heterocycles. The molecule has 12 heteroatoms. The quantitative estimate of drug-likeness (QED) is 0.327. The van der Waals surface area contributed by atoms with Crippen molar-refractivity contribution in [2.24, 2.45) is 0 Å². The van der Waals surface area contributed by atoms with E-state index in [-0.39, 0.29) is 75.9 Å². The van der Waals surface area contributed by atoms with Crippen molar-refractivity contribution in [3.05, 3.63) is 0 Å². The second-order valence-electron chi connectivity index (χ2n) is 0.750. The van der Waals surface area contributed by atoms with E-state index in [1.807, 2.05) is 0 Å². The van der Waals surface area contributed by atoms with Gasteiger partial charge in [-0.05, 0) is 18.5 Å². The van der Waals surface area contributed by atoms with Gasteiger partial charge in [-0.2, -0.15) is 0 Å². The van der Waals surface area contributed by atoms with Gasteiger partial charge in [-0.1, -0.05) is 0 Å². The minimum atomic E-state index is -2.33. The Bertz CT molecular complexity index is 121. The summed E-state index contributed by atoms with van der Waals surface area (Å²) in [7, 11) is 0. The van der Waals surface area contributed by atoms with E-state index >= 15 is 0 Å². The van der Waals surface area contributed by atoms with Crippen LogP contribution in [0.5, 0.6) is 0 Å². The molecule has 0 N–H and O–H groups in total. The fraction of sp³-hybridized carbons (Fsp3) is 0. The van der Waals surface area contributed by atoms with Gasteiger partial charge in [0.1, 0.15) is 0 Å². The van der Waals surface area contributed by atoms with Gasteiger partial charge in [0.05, 0.1) is 0 Å². The molecule has 0 heterocycles. The summed E-state index contributed by atoms with van der Waals surface area (Å²) >= 11 is 0. The van der Waals surface area contributed by atoms with Gasteiger partial charge >= 0.3 is 71.2 Å². The Morgan fingerprint density at radius 1 is 0.533 bits per heavy atom. The molecule has 0 aliphatic carbocycles. The minimum absolute atomic E-state index is 0. The zero-order valence-corrected chi connectivity index (χ0v) is 14.0. The summed E-state index contributed by atoms with van der Waals surface area (Å²) < 4.78 is 0. The molecule has 15 heavy (non-hydrogen) atoms. The summed E-state index contributed by atoms with van der Waals surface area (Å²) in [6.07, 6.45) is -7.00. The average Bonchev–Trinajstić information content (AvgIpc) is 1.54. The van der Waals surface area contributed by atoms with E-state index in [1.165, 1.54) is 0 Å². The summed E-state index contributed by atoms with van der Waals surface area (Å²) in [4.78, 5) is 25.0. The first-order chi connectivity index (χ1) is 5.20. The summed E-state index contributed by atoms with van der Waals surface area (Å²) in [5.74, 6) is 0. The van der Waals surface area contributed by atoms with Crippen LogP contribution in [0, 0.1) is 71.2 Å². The molecule has 0 aromatic rings. The third kappa shape index (κ3) is 124000. The summed E-state index contributed by atoms with van der Waals surface area (Å²) in [5, 5.41) is 50.0. The summed E-state index contributed by atoms with van der Waals surface area (Å²) in [6, 6.07) is 0. The van der Waals surface area contributed by atoms with Crippen LogP contribution in [-0.2, 0) is 0 Å². The first kappa shape index (κ1) is 36.2. The predicted molar refractivity (Wildman–Crippen MR) is 17.3 cm³/mol. The average molecular weight is 477 g/mol. The molecule has 0 bridgehead atoms. The summed E-state index contributed by atoms with van der Waals surface area (Å²) in [5.41, 5.74) is 0. The Labute approximate surface area is 138 Å². The van der Waals surface area contributed by atoms with Crippen LogP contribution in [0.2, 0.25) is 0 Å². The maximum atomic E-state index is 8.33. The van der Waals surface area contributed by atoms with Crippen molar-refractivity contribution in [1.82, 2.24) is 0 Å². The predicted octanol–water partition coefficient (Wildman–Crippen LogP) is -6.92. The van der Waals surface area contributed by atoms with Crippen molar-refractivity contribution in [1.29, 1.82) is 0 Å². The smallest absolute Gasteiger partial charge is 0.652 e. The van der Waals surface area contributed by atoms with Crippen molar-refractivity contribution < 1.29 is 121 Å². The third-order valence-corrected chi connectivity index (χ3v) is 0. The van der Waals surface area contributed by atoms with Gasteiger partial charge in [-0.3, -0.25) is 0 Å². The number of carbonyl (C=O) groups is 3. The van der Waals surface area contributed by atoms with Crippen LogP contribution in [0.4, 0.5) is 19.1 Å². The zero-order valence-electron chi connectivity index (χ0n) is 6.71. The molecule has 0 unspecified atom stereocenters. The molecule has 0 amide bonds. The Hall–Kier alpha value is 0.130. The van der Waals surface area contributed by atoms with Gasteiger partial charge in [0.15, 0.2) is 0 Å². The molecule has 0 saturated heterocycles. The first-order valence-electron chi connectivity index (χ1n) is 1.84. The number of rotatable bonds is 0. The number of hydrogen-bond acceptors (Lipinski definition) is 9. The van der Waals surface area contributed by atoms with E-state index < -0.39 is 18.5 Å². The number of carboxylic acid groups (broad SMARTS) is 6. The molecule has 0 spiro atoms.